The van der Waals surface area contributed by atoms with Gasteiger partial charge in [-0.15, -0.1) is 0 Å². The summed E-state index contributed by atoms with van der Waals surface area (Å²) in [5.74, 6) is -0.926. The molecule has 1 aliphatic rings. The molecule has 0 amide bonds. The third-order valence-electron chi connectivity index (χ3n) is 2.95. The Balaban J connectivity index is 2.42. The maximum absolute atomic E-state index is 13.2. The summed E-state index contributed by atoms with van der Waals surface area (Å²) >= 11 is 0. The standard InChI is InChI=1S/C12H10F4N2O2S/c13-11-4-3-10(5-8(11)6-17)21(19,20)18(9-1-2-9)7-12(14,15)16/h3-5,9H,1-2,7H2. The number of benzene rings is 1. The van der Waals surface area contributed by atoms with Crippen LogP contribution in [0.4, 0.5) is 17.6 Å². The van der Waals surface area contributed by atoms with Crippen molar-refractivity contribution in [1.82, 2.24) is 4.31 Å². The Labute approximate surface area is 118 Å². The molecule has 0 heterocycles. The lowest BCUT2D eigenvalue weighted by molar-refractivity contribution is -0.137. The lowest BCUT2D eigenvalue weighted by atomic mass is 10.2. The molecule has 0 spiro atoms. The number of nitriles is 1. The first kappa shape index (κ1) is 15.7. The van der Waals surface area contributed by atoms with Crippen LogP contribution in [0.25, 0.3) is 0 Å². The molecule has 0 N–H and O–H groups in total. The first-order chi connectivity index (χ1) is 9.65. The number of hydrogen-bond donors (Lipinski definition) is 0. The lowest BCUT2D eigenvalue weighted by Crippen LogP contribution is -2.40. The van der Waals surface area contributed by atoms with Crippen molar-refractivity contribution in [1.29, 1.82) is 5.26 Å². The van der Waals surface area contributed by atoms with E-state index in [9.17, 15) is 26.0 Å². The molecule has 1 aromatic rings. The van der Waals surface area contributed by atoms with E-state index in [0.29, 0.717) is 17.1 Å². The van der Waals surface area contributed by atoms with Gasteiger partial charge in [0.15, 0.2) is 0 Å². The van der Waals surface area contributed by atoms with E-state index in [-0.39, 0.29) is 0 Å². The van der Waals surface area contributed by atoms with Crippen LogP contribution < -0.4 is 0 Å². The van der Waals surface area contributed by atoms with Gasteiger partial charge in [0.1, 0.15) is 18.4 Å². The van der Waals surface area contributed by atoms with Crippen molar-refractivity contribution in [3.8, 4) is 6.07 Å². The van der Waals surface area contributed by atoms with E-state index in [1.165, 1.54) is 6.07 Å². The smallest absolute Gasteiger partial charge is 0.207 e. The summed E-state index contributed by atoms with van der Waals surface area (Å²) in [6.07, 6.45) is -3.98. The minimum absolute atomic E-state index is 0.349. The Hall–Kier alpha value is -1.66. The van der Waals surface area contributed by atoms with Crippen LogP contribution in [0.15, 0.2) is 23.1 Å². The van der Waals surface area contributed by atoms with Crippen LogP contribution in [-0.2, 0) is 10.0 Å². The van der Waals surface area contributed by atoms with E-state index in [0.717, 1.165) is 18.2 Å². The van der Waals surface area contributed by atoms with Gasteiger partial charge in [0, 0.05) is 6.04 Å². The third-order valence-corrected chi connectivity index (χ3v) is 4.85. The molecule has 0 unspecified atom stereocenters. The zero-order valence-electron chi connectivity index (χ0n) is 10.6. The van der Waals surface area contributed by atoms with E-state index in [2.05, 4.69) is 0 Å². The fourth-order valence-corrected chi connectivity index (χ4v) is 3.53. The summed E-state index contributed by atoms with van der Waals surface area (Å²) in [6, 6.07) is 3.12. The first-order valence-corrected chi connectivity index (χ1v) is 7.37. The summed E-state index contributed by atoms with van der Waals surface area (Å²) in [4.78, 5) is -0.517. The van der Waals surface area contributed by atoms with Crippen LogP contribution >= 0.6 is 0 Å². The molecular formula is C12H10F4N2O2S. The quantitative estimate of drug-likeness (QED) is 0.800. The maximum atomic E-state index is 13.2. The highest BCUT2D eigenvalue weighted by Gasteiger charge is 2.44. The van der Waals surface area contributed by atoms with Crippen molar-refractivity contribution in [2.75, 3.05) is 6.54 Å². The molecule has 1 fully saturated rings. The lowest BCUT2D eigenvalue weighted by Gasteiger charge is -2.23. The normalized spacial score (nSPS) is 16.0. The molecule has 0 radical (unpaired) electrons. The summed E-state index contributed by atoms with van der Waals surface area (Å²) in [6.45, 7) is -1.60. The summed E-state index contributed by atoms with van der Waals surface area (Å²) in [7, 11) is -4.42. The van der Waals surface area contributed by atoms with E-state index < -0.39 is 45.1 Å². The van der Waals surface area contributed by atoms with Crippen molar-refractivity contribution in [3.05, 3.63) is 29.6 Å². The summed E-state index contributed by atoms with van der Waals surface area (Å²) < 4.78 is 75.7. The van der Waals surface area contributed by atoms with E-state index in [1.807, 2.05) is 0 Å². The molecule has 9 heteroatoms. The van der Waals surface area contributed by atoms with Crippen molar-refractivity contribution in [2.45, 2.75) is 30.0 Å². The van der Waals surface area contributed by atoms with Crippen LogP contribution in [0.1, 0.15) is 18.4 Å². The summed E-state index contributed by atoms with van der Waals surface area (Å²) in [5.41, 5.74) is -0.529. The van der Waals surface area contributed by atoms with Gasteiger partial charge in [0.2, 0.25) is 10.0 Å². The summed E-state index contributed by atoms with van der Waals surface area (Å²) in [5, 5.41) is 8.68. The Morgan fingerprint density at radius 2 is 1.95 bits per heavy atom. The van der Waals surface area contributed by atoms with Gasteiger partial charge < -0.3 is 0 Å². The van der Waals surface area contributed by atoms with Gasteiger partial charge in [-0.3, -0.25) is 0 Å². The van der Waals surface area contributed by atoms with Crippen LogP contribution in [0.5, 0.6) is 0 Å². The van der Waals surface area contributed by atoms with Gasteiger partial charge in [-0.2, -0.15) is 22.7 Å². The number of rotatable bonds is 4. The molecule has 0 bridgehead atoms. The van der Waals surface area contributed by atoms with Crippen molar-refractivity contribution < 1.29 is 26.0 Å². The van der Waals surface area contributed by atoms with Crippen LogP contribution in [0.2, 0.25) is 0 Å². The van der Waals surface area contributed by atoms with Gasteiger partial charge >= 0.3 is 6.18 Å². The second-order valence-electron chi connectivity index (χ2n) is 4.65. The maximum Gasteiger partial charge on any atom is 0.402 e. The van der Waals surface area contributed by atoms with Crippen molar-refractivity contribution in [3.63, 3.8) is 0 Å². The predicted octanol–water partition coefficient (Wildman–Crippen LogP) is 2.41. The number of hydrogen-bond acceptors (Lipinski definition) is 3. The van der Waals surface area contributed by atoms with Crippen LogP contribution in [-0.4, -0.2) is 31.5 Å². The molecule has 2 rings (SSSR count). The second-order valence-corrected chi connectivity index (χ2v) is 6.54. The Morgan fingerprint density at radius 1 is 1.33 bits per heavy atom. The van der Waals surface area contributed by atoms with Gasteiger partial charge in [0.25, 0.3) is 0 Å². The average molecular weight is 322 g/mol. The molecule has 1 aromatic carbocycles. The van der Waals surface area contributed by atoms with Gasteiger partial charge in [-0.05, 0) is 31.0 Å². The molecule has 0 saturated heterocycles. The molecule has 0 atom stereocenters. The van der Waals surface area contributed by atoms with Crippen LogP contribution in [0.3, 0.4) is 0 Å². The Kier molecular flexibility index (Phi) is 3.95. The van der Waals surface area contributed by atoms with Crippen molar-refractivity contribution in [2.24, 2.45) is 0 Å². The Bertz CT molecular complexity index is 690. The molecule has 0 aromatic heterocycles. The van der Waals surface area contributed by atoms with Gasteiger partial charge in [-0.1, -0.05) is 0 Å². The highest BCUT2D eigenvalue weighted by atomic mass is 32.2. The minimum atomic E-state index is -4.67. The fraction of sp³-hybridized carbons (Fsp3) is 0.417. The molecular weight excluding hydrogens is 312 g/mol. The highest BCUT2D eigenvalue weighted by molar-refractivity contribution is 7.89. The fourth-order valence-electron chi connectivity index (χ4n) is 1.84. The predicted molar refractivity (Wildman–Crippen MR) is 64.1 cm³/mol. The minimum Gasteiger partial charge on any atom is -0.207 e. The zero-order valence-corrected chi connectivity index (χ0v) is 11.4. The monoisotopic (exact) mass is 322 g/mol. The number of sulfonamides is 1. The van der Waals surface area contributed by atoms with E-state index in [1.54, 1.807) is 0 Å². The zero-order chi connectivity index (χ0) is 15.8. The van der Waals surface area contributed by atoms with Gasteiger partial charge in [0.05, 0.1) is 10.5 Å². The third kappa shape index (κ3) is 3.51. The average Bonchev–Trinajstić information content (AvgIpc) is 3.19. The molecule has 0 aliphatic heterocycles. The van der Waals surface area contributed by atoms with E-state index >= 15 is 0 Å². The topological polar surface area (TPSA) is 61.2 Å². The highest BCUT2D eigenvalue weighted by Crippen LogP contribution is 2.35. The molecule has 114 valence electrons. The number of alkyl halides is 3. The van der Waals surface area contributed by atoms with E-state index in [4.69, 9.17) is 5.26 Å². The first-order valence-electron chi connectivity index (χ1n) is 5.93. The number of halogens is 4. The van der Waals surface area contributed by atoms with Crippen LogP contribution in [0, 0.1) is 17.1 Å². The molecule has 4 nitrogen and oxygen atoms in total. The SMILES string of the molecule is N#Cc1cc(S(=O)(=O)N(CC(F)(F)F)C2CC2)ccc1F. The Morgan fingerprint density at radius 3 is 2.43 bits per heavy atom. The molecule has 1 saturated carbocycles. The van der Waals surface area contributed by atoms with Gasteiger partial charge in [-0.25, -0.2) is 12.8 Å². The second kappa shape index (κ2) is 5.27. The molecule has 1 aliphatic carbocycles. The molecule has 21 heavy (non-hydrogen) atoms. The number of nitrogens with zero attached hydrogens (tertiary/aromatic N) is 2. The largest absolute Gasteiger partial charge is 0.402 e. The van der Waals surface area contributed by atoms with Crippen molar-refractivity contribution >= 4 is 10.0 Å².